The summed E-state index contributed by atoms with van der Waals surface area (Å²) in [6, 6.07) is 7.90. The lowest BCUT2D eigenvalue weighted by Gasteiger charge is -2.26. The Morgan fingerprint density at radius 2 is 1.68 bits per heavy atom. The maximum Gasteiger partial charge on any atom is 0.410 e. The Morgan fingerprint density at radius 3 is 2.32 bits per heavy atom. The molecule has 13 heteroatoms. The number of rotatable bonds is 12. The van der Waals surface area contributed by atoms with Gasteiger partial charge in [0.15, 0.2) is 17.0 Å². The van der Waals surface area contributed by atoms with E-state index in [9.17, 15) is 9.59 Å². The van der Waals surface area contributed by atoms with Crippen LogP contribution in [0, 0.1) is 0 Å². The zero-order chi connectivity index (χ0) is 36.5. The van der Waals surface area contributed by atoms with Crippen LogP contribution in [0.25, 0.3) is 11.2 Å². The third kappa shape index (κ3) is 12.3. The van der Waals surface area contributed by atoms with Crippen LogP contribution < -0.4 is 15.4 Å². The summed E-state index contributed by atoms with van der Waals surface area (Å²) in [6.45, 7) is 14.5. The molecule has 2 aliphatic rings. The van der Waals surface area contributed by atoms with Crippen LogP contribution >= 0.6 is 0 Å². The molecule has 1 saturated heterocycles. The first-order valence-electron chi connectivity index (χ1n) is 18.4. The van der Waals surface area contributed by atoms with Gasteiger partial charge in [0.1, 0.15) is 24.1 Å². The van der Waals surface area contributed by atoms with Gasteiger partial charge in [0.2, 0.25) is 5.95 Å². The van der Waals surface area contributed by atoms with Gasteiger partial charge >= 0.3 is 12.1 Å². The Hall–Kier alpha value is -4.13. The molecule has 1 amide bonds. The van der Waals surface area contributed by atoms with Gasteiger partial charge in [-0.1, -0.05) is 47.0 Å². The van der Waals surface area contributed by atoms with Crippen LogP contribution in [0.2, 0.25) is 0 Å². The van der Waals surface area contributed by atoms with Crippen LogP contribution in [0.4, 0.5) is 22.2 Å². The number of carbonyl (C=O) groups is 2. The SMILES string of the molecule is CC.CC.COC(=O)CN(CCCOc1ccc(Nc2nc(NC3CCCCC3)c3ncn(C4CCCCO4)c3n2)cc1)C(=O)OC(C)(C)C. The maximum absolute atomic E-state index is 12.6. The van der Waals surface area contributed by atoms with Gasteiger partial charge < -0.3 is 29.6 Å². The summed E-state index contributed by atoms with van der Waals surface area (Å²) in [4.78, 5) is 40.2. The molecule has 1 aliphatic heterocycles. The highest BCUT2D eigenvalue weighted by Crippen LogP contribution is 2.31. The van der Waals surface area contributed by atoms with Crippen molar-refractivity contribution in [1.82, 2.24) is 24.4 Å². The lowest BCUT2D eigenvalue weighted by Crippen LogP contribution is -2.41. The van der Waals surface area contributed by atoms with Gasteiger partial charge in [-0.15, -0.1) is 0 Å². The van der Waals surface area contributed by atoms with Crippen molar-refractivity contribution in [2.24, 2.45) is 0 Å². The van der Waals surface area contributed by atoms with Gasteiger partial charge in [-0.25, -0.2) is 9.78 Å². The number of esters is 1. The average molecular weight is 698 g/mol. The van der Waals surface area contributed by atoms with Crippen molar-refractivity contribution in [1.29, 1.82) is 0 Å². The highest BCUT2D eigenvalue weighted by Gasteiger charge is 2.25. The number of aromatic nitrogens is 4. The van der Waals surface area contributed by atoms with Gasteiger partial charge in [0.25, 0.3) is 0 Å². The van der Waals surface area contributed by atoms with E-state index in [1.165, 1.54) is 31.3 Å². The number of hydrogen-bond donors (Lipinski definition) is 2. The van der Waals surface area contributed by atoms with Crippen molar-refractivity contribution in [3.8, 4) is 5.75 Å². The first-order valence-corrected chi connectivity index (χ1v) is 18.4. The molecule has 1 aromatic carbocycles. The van der Waals surface area contributed by atoms with Gasteiger partial charge in [0, 0.05) is 24.9 Å². The molecule has 13 nitrogen and oxygen atoms in total. The minimum absolute atomic E-state index is 0.0860. The fourth-order valence-corrected chi connectivity index (χ4v) is 5.66. The standard InChI is InChI=1S/C33H47N7O6.2C2H6/c1-33(2,3)46-32(42)39(21-27(41)43-4)18-10-20-44-25-16-14-24(15-17-25)36-31-37-29(35-23-11-6-5-7-12-23)28-30(38-31)40(22-34-28)26-13-8-9-19-45-26;2*1-2/h14-17,22-23,26H,5-13,18-21H2,1-4H3,(H2,35,36,37,38);2*1-2H3. The summed E-state index contributed by atoms with van der Waals surface area (Å²) in [5.74, 6) is 1.37. The second-order valence-electron chi connectivity index (χ2n) is 12.8. The van der Waals surface area contributed by atoms with E-state index in [-0.39, 0.29) is 19.3 Å². The average Bonchev–Trinajstić information content (AvgIpc) is 3.56. The molecule has 2 aromatic heterocycles. The largest absolute Gasteiger partial charge is 0.494 e. The minimum atomic E-state index is -0.674. The smallest absolute Gasteiger partial charge is 0.410 e. The lowest BCUT2D eigenvalue weighted by molar-refractivity contribution is -0.141. The van der Waals surface area contributed by atoms with Crippen LogP contribution in [0.15, 0.2) is 30.6 Å². The maximum atomic E-state index is 12.6. The summed E-state index contributed by atoms with van der Waals surface area (Å²) in [6.07, 6.45) is 10.7. The van der Waals surface area contributed by atoms with E-state index in [4.69, 9.17) is 33.9 Å². The van der Waals surface area contributed by atoms with Crippen molar-refractivity contribution < 1.29 is 28.5 Å². The van der Waals surface area contributed by atoms with E-state index in [0.717, 1.165) is 61.4 Å². The zero-order valence-electron chi connectivity index (χ0n) is 31.4. The molecule has 3 heterocycles. The van der Waals surface area contributed by atoms with E-state index in [1.807, 2.05) is 62.9 Å². The second-order valence-corrected chi connectivity index (χ2v) is 12.8. The Balaban J connectivity index is 0.00000163. The molecule has 1 unspecified atom stereocenters. The molecule has 3 aromatic rings. The third-order valence-corrected chi connectivity index (χ3v) is 7.98. The number of ether oxygens (including phenoxy) is 4. The molecular weight excluding hydrogens is 638 g/mol. The molecular formula is C37H59N7O6. The second kappa shape index (κ2) is 20.5. The first-order chi connectivity index (χ1) is 24.2. The molecule has 1 aliphatic carbocycles. The van der Waals surface area contributed by atoms with E-state index in [1.54, 1.807) is 20.8 Å². The number of methoxy groups -OCH3 is 1. The normalized spacial score (nSPS) is 16.2. The van der Waals surface area contributed by atoms with Crippen LogP contribution in [-0.2, 0) is 19.0 Å². The van der Waals surface area contributed by atoms with E-state index < -0.39 is 17.7 Å². The molecule has 2 fully saturated rings. The molecule has 5 rings (SSSR count). The molecule has 278 valence electrons. The topological polar surface area (TPSA) is 142 Å². The number of carbonyl (C=O) groups excluding carboxylic acids is 2. The molecule has 50 heavy (non-hydrogen) atoms. The monoisotopic (exact) mass is 697 g/mol. The van der Waals surface area contributed by atoms with E-state index in [0.29, 0.717) is 30.8 Å². The molecule has 0 spiro atoms. The van der Waals surface area contributed by atoms with Crippen molar-refractivity contribution >= 4 is 40.7 Å². The quantitative estimate of drug-likeness (QED) is 0.140. The van der Waals surface area contributed by atoms with Gasteiger partial charge in [-0.3, -0.25) is 14.3 Å². The van der Waals surface area contributed by atoms with Gasteiger partial charge in [0.05, 0.1) is 20.0 Å². The van der Waals surface area contributed by atoms with Gasteiger partial charge in [-0.05, 0) is 83.6 Å². The predicted octanol–water partition coefficient (Wildman–Crippen LogP) is 8.25. The number of hydrogen-bond acceptors (Lipinski definition) is 11. The highest BCUT2D eigenvalue weighted by atomic mass is 16.6. The number of fused-ring (bicyclic) bond motifs is 1. The summed E-state index contributed by atoms with van der Waals surface area (Å²) in [5.41, 5.74) is 1.64. The van der Waals surface area contributed by atoms with Crippen LogP contribution in [0.3, 0.4) is 0 Å². The lowest BCUT2D eigenvalue weighted by atomic mass is 9.95. The number of nitrogens with one attached hydrogen (secondary N) is 2. The Kier molecular flexibility index (Phi) is 16.5. The van der Waals surface area contributed by atoms with Gasteiger partial charge in [-0.2, -0.15) is 9.97 Å². The van der Waals surface area contributed by atoms with E-state index in [2.05, 4.69) is 10.6 Å². The van der Waals surface area contributed by atoms with Crippen molar-refractivity contribution in [3.63, 3.8) is 0 Å². The summed E-state index contributed by atoms with van der Waals surface area (Å²) >= 11 is 0. The Labute approximate surface area is 297 Å². The molecule has 1 saturated carbocycles. The fourth-order valence-electron chi connectivity index (χ4n) is 5.66. The number of anilines is 3. The van der Waals surface area contributed by atoms with Crippen molar-refractivity contribution in [3.05, 3.63) is 30.6 Å². The number of nitrogens with zero attached hydrogens (tertiary/aromatic N) is 5. The number of amides is 1. The summed E-state index contributed by atoms with van der Waals surface area (Å²) in [7, 11) is 1.29. The molecule has 0 radical (unpaired) electrons. The summed E-state index contributed by atoms with van der Waals surface area (Å²) < 4.78 is 24.2. The highest BCUT2D eigenvalue weighted by molar-refractivity contribution is 5.85. The number of imidazole rings is 1. The minimum Gasteiger partial charge on any atom is -0.494 e. The number of benzene rings is 1. The molecule has 1 atom stereocenters. The zero-order valence-corrected chi connectivity index (χ0v) is 31.4. The molecule has 0 bridgehead atoms. The van der Waals surface area contributed by atoms with E-state index >= 15 is 0 Å². The van der Waals surface area contributed by atoms with Crippen LogP contribution in [0.1, 0.15) is 112 Å². The van der Waals surface area contributed by atoms with Crippen molar-refractivity contribution in [2.75, 3.05) is 44.0 Å². The summed E-state index contributed by atoms with van der Waals surface area (Å²) in [5, 5.41) is 7.01. The molecule has 2 N–H and O–H groups in total. The first kappa shape index (κ1) is 40.3. The Bertz CT molecular complexity index is 1450. The van der Waals surface area contributed by atoms with Crippen LogP contribution in [-0.4, -0.2) is 81.5 Å². The predicted molar refractivity (Wildman–Crippen MR) is 197 cm³/mol. The van der Waals surface area contributed by atoms with Crippen LogP contribution in [0.5, 0.6) is 5.75 Å². The fraction of sp³-hybridized carbons (Fsp3) is 0.649. The van der Waals surface area contributed by atoms with Crippen molar-refractivity contribution in [2.45, 2.75) is 124 Å². The third-order valence-electron chi connectivity index (χ3n) is 7.98. The Morgan fingerprint density at radius 1 is 0.980 bits per heavy atom.